The van der Waals surface area contributed by atoms with Crippen LogP contribution in [0.15, 0.2) is 146 Å². The number of amides is 1. The Balaban J connectivity index is 0.000000255. The Morgan fingerprint density at radius 2 is 0.906 bits per heavy atom. The molecule has 0 spiro atoms. The van der Waals surface area contributed by atoms with E-state index in [-0.39, 0.29) is 42.4 Å². The minimum Gasteiger partial charge on any atom is -0.508 e. The van der Waals surface area contributed by atoms with E-state index in [0.29, 0.717) is 19.3 Å². The second-order valence-corrected chi connectivity index (χ2v) is 11.8. The molecule has 0 atom stereocenters. The zero-order valence-electron chi connectivity index (χ0n) is 29.2. The van der Waals surface area contributed by atoms with Gasteiger partial charge in [0.05, 0.1) is 0 Å². The maximum absolute atomic E-state index is 11.2. The minimum absolute atomic E-state index is 0. The number of hydrogen-bond acceptors (Lipinski definition) is 4. The van der Waals surface area contributed by atoms with Crippen LogP contribution in [0.5, 0.6) is 11.5 Å². The standard InChI is InChI=1S/C21H19NO2.C21H18O3.B4.V/c22-21(24)12-10-18-13-16(15-5-2-1-3-6-15)9-11-20(18)17-7-4-8-19(23)14-17;22-19-8-4-7-17(14-19)20-11-9-16(15-5-2-1-3-6-15)13-18(20)10-12-21(23)24;1-3-4-2;/h1-9,11,13-14,23H,10,12H2,(H2,22,24);1-9,11,13-14,22H,10,12H2,(H,23,24);;. The predicted molar refractivity (Wildman–Crippen MR) is 214 cm³/mol. The van der Waals surface area contributed by atoms with Crippen LogP contribution in [0.4, 0.5) is 0 Å². The van der Waals surface area contributed by atoms with Crippen LogP contribution in [0.2, 0.25) is 0 Å². The summed E-state index contributed by atoms with van der Waals surface area (Å²) < 4.78 is 0. The topological polar surface area (TPSA) is 121 Å². The van der Waals surface area contributed by atoms with E-state index in [0.717, 1.165) is 55.6 Å². The monoisotopic (exact) mass is 730 g/mol. The van der Waals surface area contributed by atoms with E-state index in [2.05, 4.69) is 24.3 Å². The van der Waals surface area contributed by atoms with E-state index in [1.165, 1.54) is 14.1 Å². The maximum atomic E-state index is 11.2. The van der Waals surface area contributed by atoms with Crippen molar-refractivity contribution >= 4 is 41.5 Å². The maximum Gasteiger partial charge on any atom is 0.303 e. The molecule has 1 amide bonds. The van der Waals surface area contributed by atoms with Gasteiger partial charge in [0.1, 0.15) is 11.5 Å². The Labute approximate surface area is 327 Å². The Hall–Kier alpha value is -5.30. The van der Waals surface area contributed by atoms with Gasteiger partial charge in [-0.3, -0.25) is 9.59 Å². The van der Waals surface area contributed by atoms with E-state index in [1.54, 1.807) is 30.3 Å². The summed E-state index contributed by atoms with van der Waals surface area (Å²) in [5.41, 5.74) is 15.5. The molecule has 0 saturated carbocycles. The molecule has 0 fully saturated rings. The fourth-order valence-electron chi connectivity index (χ4n) is 5.63. The van der Waals surface area contributed by atoms with Gasteiger partial charge in [-0.2, -0.15) is 0 Å². The van der Waals surface area contributed by atoms with Gasteiger partial charge in [-0.1, -0.05) is 121 Å². The van der Waals surface area contributed by atoms with E-state index in [9.17, 15) is 19.8 Å². The van der Waals surface area contributed by atoms with Gasteiger partial charge in [-0.25, -0.2) is 0 Å². The zero-order chi connectivity index (χ0) is 37.3. The van der Waals surface area contributed by atoms with Crippen LogP contribution < -0.4 is 5.73 Å². The van der Waals surface area contributed by atoms with E-state index < -0.39 is 5.97 Å². The molecule has 0 aliphatic carbocycles. The van der Waals surface area contributed by atoms with Gasteiger partial charge in [0.25, 0.3) is 0 Å². The smallest absolute Gasteiger partial charge is 0.303 e. The van der Waals surface area contributed by atoms with Gasteiger partial charge in [0.2, 0.25) is 5.91 Å². The summed E-state index contributed by atoms with van der Waals surface area (Å²) in [5.74, 6) is -0.715. The number of aryl methyl sites for hydroxylation is 2. The molecule has 257 valence electrons. The first-order valence-electron chi connectivity index (χ1n) is 16.7. The number of carbonyl (C=O) groups is 2. The van der Waals surface area contributed by atoms with Gasteiger partial charge in [0.15, 0.2) is 0 Å². The molecule has 53 heavy (non-hydrogen) atoms. The SMILES string of the molecule is NC(=O)CCc1cc(-c2ccccc2)ccc1-c1cccc(O)c1.O=C(O)CCc1cc(-c2ccccc2)ccc1-c1cccc(O)c1.[B][B][B][B].[V]. The fourth-order valence-corrected chi connectivity index (χ4v) is 5.63. The molecule has 0 aromatic heterocycles. The Morgan fingerprint density at radius 1 is 0.509 bits per heavy atom. The molecule has 0 aliphatic heterocycles. The van der Waals surface area contributed by atoms with Crippen LogP contribution in [0, 0.1) is 0 Å². The number of benzene rings is 6. The molecule has 0 saturated heterocycles. The second kappa shape index (κ2) is 21.9. The van der Waals surface area contributed by atoms with Gasteiger partial charge >= 0.3 is 5.97 Å². The molecular weight excluding hydrogens is 693 g/mol. The number of phenolic OH excluding ortho intramolecular Hbond substituents is 2. The number of aliphatic carboxylic acids is 1. The van der Waals surface area contributed by atoms with Crippen molar-refractivity contribution in [1.82, 2.24) is 0 Å². The number of aromatic hydroxyl groups is 2. The molecule has 5 N–H and O–H groups in total. The average Bonchev–Trinajstić information content (AvgIpc) is 3.17. The van der Waals surface area contributed by atoms with Crippen molar-refractivity contribution in [3.05, 3.63) is 157 Å². The average molecular weight is 730 g/mol. The summed E-state index contributed by atoms with van der Waals surface area (Å²) in [7, 11) is 12.0. The number of phenols is 2. The summed E-state index contributed by atoms with van der Waals surface area (Å²) in [6.07, 6.45) is 1.39. The third-order valence-electron chi connectivity index (χ3n) is 8.10. The third kappa shape index (κ3) is 13.3. The molecule has 0 aliphatic rings. The van der Waals surface area contributed by atoms with Crippen LogP contribution in [-0.4, -0.2) is 56.8 Å². The Kier molecular flexibility index (Phi) is 17.4. The molecule has 6 nitrogen and oxygen atoms in total. The van der Waals surface area contributed by atoms with Crippen LogP contribution >= 0.6 is 0 Å². The Bertz CT molecular complexity index is 1920. The molecule has 0 heterocycles. The van der Waals surface area contributed by atoms with E-state index in [1.807, 2.05) is 91.0 Å². The van der Waals surface area contributed by atoms with E-state index >= 15 is 0 Å². The van der Waals surface area contributed by atoms with Crippen molar-refractivity contribution in [2.45, 2.75) is 25.7 Å². The molecule has 0 bridgehead atoms. The van der Waals surface area contributed by atoms with Crippen molar-refractivity contribution < 1.29 is 43.5 Å². The molecule has 6 aromatic rings. The van der Waals surface area contributed by atoms with Crippen LogP contribution in [-0.2, 0) is 41.0 Å². The second-order valence-electron chi connectivity index (χ2n) is 11.8. The number of rotatable bonds is 11. The summed E-state index contributed by atoms with van der Waals surface area (Å²) in [4.78, 5) is 22.2. The van der Waals surface area contributed by atoms with Crippen molar-refractivity contribution in [1.29, 1.82) is 0 Å². The van der Waals surface area contributed by atoms with Crippen molar-refractivity contribution in [2.24, 2.45) is 5.73 Å². The first kappa shape index (κ1) is 42.1. The molecular formula is C42H37B4NO5V. The molecule has 11 heteroatoms. The number of hydrogen-bond donors (Lipinski definition) is 4. The van der Waals surface area contributed by atoms with Crippen molar-refractivity contribution in [3.8, 4) is 56.0 Å². The number of carboxylic acids is 1. The molecule has 6 aromatic carbocycles. The van der Waals surface area contributed by atoms with Crippen LogP contribution in [0.1, 0.15) is 24.0 Å². The molecule has 6 rings (SSSR count). The molecule has 0 unspecified atom stereocenters. The quantitative estimate of drug-likeness (QED) is 0.104. The predicted octanol–water partition coefficient (Wildman–Crippen LogP) is 7.36. The van der Waals surface area contributed by atoms with Crippen LogP contribution in [0.25, 0.3) is 44.5 Å². The first-order valence-corrected chi connectivity index (χ1v) is 16.7. The van der Waals surface area contributed by atoms with E-state index in [4.69, 9.17) is 26.3 Å². The summed E-state index contributed by atoms with van der Waals surface area (Å²) in [6.45, 7) is 0. The van der Waals surface area contributed by atoms with Crippen LogP contribution in [0.3, 0.4) is 0 Å². The Morgan fingerprint density at radius 3 is 1.26 bits per heavy atom. The molecule has 7 radical (unpaired) electrons. The van der Waals surface area contributed by atoms with Gasteiger partial charge < -0.3 is 21.1 Å². The summed E-state index contributed by atoms with van der Waals surface area (Å²) >= 11 is 0. The first-order chi connectivity index (χ1) is 25.2. The van der Waals surface area contributed by atoms with Crippen molar-refractivity contribution in [3.63, 3.8) is 0 Å². The third-order valence-corrected chi connectivity index (χ3v) is 8.10. The van der Waals surface area contributed by atoms with Gasteiger partial charge in [-0.05, 0) is 92.7 Å². The fraction of sp³-hybridized carbons (Fsp3) is 0.0952. The number of carboxylic acid groups (broad SMARTS) is 1. The van der Waals surface area contributed by atoms with Gasteiger partial charge in [-0.15, -0.1) is 0 Å². The number of primary amides is 1. The summed E-state index contributed by atoms with van der Waals surface area (Å²) in [6, 6.07) is 46.5. The van der Waals surface area contributed by atoms with Crippen molar-refractivity contribution in [2.75, 3.05) is 0 Å². The number of nitrogens with two attached hydrogens (primary N) is 1. The van der Waals surface area contributed by atoms with Gasteiger partial charge in [0, 0.05) is 61.0 Å². The normalized spacial score (nSPS) is 9.89. The minimum atomic E-state index is -0.818. The zero-order valence-corrected chi connectivity index (χ0v) is 30.6. The largest absolute Gasteiger partial charge is 0.508 e. The number of carbonyl (C=O) groups excluding carboxylic acids is 1. The summed E-state index contributed by atoms with van der Waals surface area (Å²) in [5, 5.41) is 28.5.